The predicted octanol–water partition coefficient (Wildman–Crippen LogP) is 2.06. The molecule has 0 radical (unpaired) electrons. The molecular formula is C12H20N2O2S2. The van der Waals surface area contributed by atoms with Gasteiger partial charge in [0.25, 0.3) is 0 Å². The van der Waals surface area contributed by atoms with Crippen molar-refractivity contribution in [3.63, 3.8) is 0 Å². The Balaban J connectivity index is 2.11. The van der Waals surface area contributed by atoms with Crippen LogP contribution in [-0.2, 0) is 22.1 Å². The van der Waals surface area contributed by atoms with Crippen molar-refractivity contribution in [1.82, 2.24) is 10.3 Å². The third kappa shape index (κ3) is 4.03. The van der Waals surface area contributed by atoms with Gasteiger partial charge >= 0.3 is 0 Å². The molecule has 0 aromatic carbocycles. The van der Waals surface area contributed by atoms with Crippen molar-refractivity contribution < 1.29 is 8.42 Å². The molecule has 1 aliphatic rings. The highest BCUT2D eigenvalue weighted by atomic mass is 32.2. The van der Waals surface area contributed by atoms with E-state index in [2.05, 4.69) is 17.2 Å². The van der Waals surface area contributed by atoms with Gasteiger partial charge in [-0.05, 0) is 25.8 Å². The van der Waals surface area contributed by atoms with Crippen LogP contribution in [0.25, 0.3) is 0 Å². The van der Waals surface area contributed by atoms with Gasteiger partial charge in [0.05, 0.1) is 5.69 Å². The smallest absolute Gasteiger partial charge is 0.153 e. The highest BCUT2D eigenvalue weighted by Gasteiger charge is 2.29. The zero-order chi connectivity index (χ0) is 13.2. The van der Waals surface area contributed by atoms with Gasteiger partial charge in [0, 0.05) is 23.6 Å². The molecule has 0 unspecified atom stereocenters. The summed E-state index contributed by atoms with van der Waals surface area (Å²) in [6, 6.07) is 0. The van der Waals surface area contributed by atoms with Crippen molar-refractivity contribution in [3.05, 3.63) is 15.6 Å². The summed E-state index contributed by atoms with van der Waals surface area (Å²) in [5.74, 6) is 0.651. The summed E-state index contributed by atoms with van der Waals surface area (Å²) < 4.78 is 22.6. The Kier molecular flexibility index (Phi) is 4.40. The maximum Gasteiger partial charge on any atom is 0.153 e. The van der Waals surface area contributed by atoms with Crippen molar-refractivity contribution in [2.45, 2.75) is 44.4 Å². The van der Waals surface area contributed by atoms with Gasteiger partial charge in [-0.2, -0.15) is 0 Å². The second kappa shape index (κ2) is 5.67. The molecule has 0 spiro atoms. The van der Waals surface area contributed by atoms with Crippen LogP contribution in [-0.4, -0.2) is 26.2 Å². The SMILES string of the molecule is CCCNCc1sc(CS(C)(=O)=O)nc1C1CC1. The van der Waals surface area contributed by atoms with E-state index in [0.29, 0.717) is 5.92 Å². The van der Waals surface area contributed by atoms with E-state index in [1.54, 1.807) is 11.3 Å². The summed E-state index contributed by atoms with van der Waals surface area (Å²) in [5.41, 5.74) is 1.14. The fourth-order valence-electron chi connectivity index (χ4n) is 1.88. The van der Waals surface area contributed by atoms with Crippen LogP contribution in [0.1, 0.15) is 47.7 Å². The zero-order valence-electron chi connectivity index (χ0n) is 10.9. The third-order valence-electron chi connectivity index (χ3n) is 2.83. The summed E-state index contributed by atoms with van der Waals surface area (Å²) >= 11 is 1.55. The van der Waals surface area contributed by atoms with Crippen molar-refractivity contribution in [2.24, 2.45) is 0 Å². The topological polar surface area (TPSA) is 59.1 Å². The largest absolute Gasteiger partial charge is 0.312 e. The van der Waals surface area contributed by atoms with Gasteiger partial charge < -0.3 is 5.32 Å². The molecule has 0 saturated heterocycles. The highest BCUT2D eigenvalue weighted by molar-refractivity contribution is 7.90. The fraction of sp³-hybridized carbons (Fsp3) is 0.750. The molecule has 18 heavy (non-hydrogen) atoms. The third-order valence-corrected chi connectivity index (χ3v) is 4.89. The summed E-state index contributed by atoms with van der Waals surface area (Å²) in [7, 11) is -2.98. The van der Waals surface area contributed by atoms with E-state index >= 15 is 0 Å². The Morgan fingerprint density at radius 1 is 1.44 bits per heavy atom. The van der Waals surface area contributed by atoms with Gasteiger partial charge in [0.15, 0.2) is 9.84 Å². The van der Waals surface area contributed by atoms with Gasteiger partial charge in [0.2, 0.25) is 0 Å². The van der Waals surface area contributed by atoms with Crippen LogP contribution in [0, 0.1) is 0 Å². The number of sulfone groups is 1. The Bertz CT molecular complexity index is 504. The minimum atomic E-state index is -2.98. The van der Waals surface area contributed by atoms with E-state index in [9.17, 15) is 8.42 Å². The van der Waals surface area contributed by atoms with Crippen LogP contribution in [0.2, 0.25) is 0 Å². The van der Waals surface area contributed by atoms with Gasteiger partial charge in [-0.15, -0.1) is 11.3 Å². The molecule has 0 aliphatic heterocycles. The van der Waals surface area contributed by atoms with Crippen LogP contribution in [0.4, 0.5) is 0 Å². The lowest BCUT2D eigenvalue weighted by Crippen LogP contribution is -2.13. The molecule has 1 fully saturated rings. The Morgan fingerprint density at radius 3 is 2.72 bits per heavy atom. The molecule has 2 rings (SSSR count). The number of hydrogen-bond acceptors (Lipinski definition) is 5. The number of aromatic nitrogens is 1. The maximum absolute atomic E-state index is 11.3. The quantitative estimate of drug-likeness (QED) is 0.780. The average Bonchev–Trinajstić information content (AvgIpc) is 3.01. The van der Waals surface area contributed by atoms with Crippen LogP contribution in [0.15, 0.2) is 0 Å². The van der Waals surface area contributed by atoms with Crippen molar-refractivity contribution >= 4 is 21.2 Å². The summed E-state index contributed by atoms with van der Waals surface area (Å²) in [6.07, 6.45) is 4.76. The van der Waals surface area contributed by atoms with Crippen molar-refractivity contribution in [2.75, 3.05) is 12.8 Å². The van der Waals surface area contributed by atoms with Crippen molar-refractivity contribution in [1.29, 1.82) is 0 Å². The van der Waals surface area contributed by atoms with E-state index in [-0.39, 0.29) is 5.75 Å². The minimum Gasteiger partial charge on any atom is -0.312 e. The minimum absolute atomic E-state index is 0.0746. The monoisotopic (exact) mass is 288 g/mol. The first kappa shape index (κ1) is 14.0. The summed E-state index contributed by atoms with van der Waals surface area (Å²) in [4.78, 5) is 5.76. The van der Waals surface area contributed by atoms with E-state index in [1.165, 1.54) is 24.0 Å². The van der Waals surface area contributed by atoms with Gasteiger partial charge in [0.1, 0.15) is 10.8 Å². The average molecular weight is 288 g/mol. The molecule has 1 saturated carbocycles. The standard InChI is InChI=1S/C12H20N2O2S2/c1-3-6-13-7-10-12(9-4-5-9)14-11(17-10)8-18(2,15)16/h9,13H,3-8H2,1-2H3. The molecule has 1 aromatic rings. The lowest BCUT2D eigenvalue weighted by molar-refractivity contribution is 0.601. The number of hydrogen-bond donors (Lipinski definition) is 1. The van der Waals surface area contributed by atoms with E-state index in [4.69, 9.17) is 0 Å². The summed E-state index contributed by atoms with van der Waals surface area (Å²) in [6.45, 7) is 3.95. The van der Waals surface area contributed by atoms with E-state index in [0.717, 1.165) is 30.2 Å². The Labute approximate surface area is 113 Å². The molecule has 1 N–H and O–H groups in total. The van der Waals surface area contributed by atoms with Crippen LogP contribution < -0.4 is 5.32 Å². The summed E-state index contributed by atoms with van der Waals surface area (Å²) in [5, 5.41) is 4.11. The molecule has 102 valence electrons. The highest BCUT2D eigenvalue weighted by Crippen LogP contribution is 2.42. The molecule has 1 aromatic heterocycles. The zero-order valence-corrected chi connectivity index (χ0v) is 12.5. The Morgan fingerprint density at radius 2 is 2.17 bits per heavy atom. The molecule has 4 nitrogen and oxygen atoms in total. The van der Waals surface area contributed by atoms with Crippen LogP contribution in [0.3, 0.4) is 0 Å². The van der Waals surface area contributed by atoms with Crippen molar-refractivity contribution in [3.8, 4) is 0 Å². The molecule has 1 aliphatic carbocycles. The number of rotatable bonds is 7. The first-order valence-electron chi connectivity index (χ1n) is 6.36. The number of thiazole rings is 1. The fourth-order valence-corrected chi connectivity index (χ4v) is 4.19. The Hall–Kier alpha value is -0.460. The van der Waals surface area contributed by atoms with Gasteiger partial charge in [-0.3, -0.25) is 0 Å². The molecule has 0 amide bonds. The second-order valence-electron chi connectivity index (χ2n) is 4.94. The van der Waals surface area contributed by atoms with E-state index < -0.39 is 9.84 Å². The first-order valence-corrected chi connectivity index (χ1v) is 9.24. The lowest BCUT2D eigenvalue weighted by Gasteiger charge is -2.01. The number of nitrogens with one attached hydrogen (secondary N) is 1. The van der Waals surface area contributed by atoms with Gasteiger partial charge in [-0.1, -0.05) is 6.92 Å². The first-order chi connectivity index (χ1) is 8.49. The number of nitrogens with zero attached hydrogens (tertiary/aromatic N) is 1. The molecular weight excluding hydrogens is 268 g/mol. The van der Waals surface area contributed by atoms with E-state index in [1.807, 2.05) is 0 Å². The predicted molar refractivity (Wildman–Crippen MR) is 74.6 cm³/mol. The molecule has 0 atom stereocenters. The molecule has 0 bridgehead atoms. The molecule has 6 heteroatoms. The normalized spacial score (nSPS) is 16.1. The van der Waals surface area contributed by atoms with Gasteiger partial charge in [-0.25, -0.2) is 13.4 Å². The maximum atomic E-state index is 11.3. The van der Waals surface area contributed by atoms with Crippen LogP contribution >= 0.6 is 11.3 Å². The lowest BCUT2D eigenvalue weighted by atomic mass is 10.2. The second-order valence-corrected chi connectivity index (χ2v) is 8.25. The van der Waals surface area contributed by atoms with Crippen LogP contribution in [0.5, 0.6) is 0 Å². The molecule has 1 heterocycles.